The number of anilines is 2. The van der Waals surface area contributed by atoms with Crippen LogP contribution < -0.4 is 10.6 Å². The van der Waals surface area contributed by atoms with Crippen molar-refractivity contribution in [3.05, 3.63) is 41.5 Å². The third-order valence-corrected chi connectivity index (χ3v) is 5.65. The Balaban J connectivity index is 1.80. The van der Waals surface area contributed by atoms with E-state index in [1.54, 1.807) is 29.9 Å². The van der Waals surface area contributed by atoms with Gasteiger partial charge in [0.1, 0.15) is 11.7 Å². The standard InChI is InChI=1S/C18H22N4O3S2/c1-27(24,25)12-21-16-7-6-14(11-20-16)15(10-13-4-2-3-5-13)17(23)22-18-19-8-9-26-18/h6-11,13H,2-5,12H2,1H3,(H,20,21)(H,19,22,23)/b15-10-. The minimum Gasteiger partial charge on any atom is -0.356 e. The minimum atomic E-state index is -3.14. The SMILES string of the molecule is CS(=O)(=O)CNc1ccc(/C(=C/C2CCCC2)C(=O)Nc2nccs2)cn1. The second kappa shape index (κ2) is 8.62. The van der Waals surface area contributed by atoms with Crippen LogP contribution in [0.15, 0.2) is 36.0 Å². The number of amides is 1. The highest BCUT2D eigenvalue weighted by molar-refractivity contribution is 7.90. The zero-order chi connectivity index (χ0) is 19.3. The molecule has 0 aromatic carbocycles. The van der Waals surface area contributed by atoms with Crippen molar-refractivity contribution in [1.29, 1.82) is 0 Å². The lowest BCUT2D eigenvalue weighted by Crippen LogP contribution is -2.15. The summed E-state index contributed by atoms with van der Waals surface area (Å²) in [6, 6.07) is 3.46. The van der Waals surface area contributed by atoms with Gasteiger partial charge in [-0.2, -0.15) is 0 Å². The van der Waals surface area contributed by atoms with E-state index in [2.05, 4.69) is 20.6 Å². The number of allylic oxidation sites excluding steroid dienone is 1. The number of thiazole rings is 1. The Morgan fingerprint density at radius 2 is 2.07 bits per heavy atom. The van der Waals surface area contributed by atoms with Gasteiger partial charge in [0.25, 0.3) is 5.91 Å². The zero-order valence-corrected chi connectivity index (χ0v) is 16.6. The molecule has 0 radical (unpaired) electrons. The fraction of sp³-hybridized carbons (Fsp3) is 0.389. The van der Waals surface area contributed by atoms with Gasteiger partial charge in [-0.3, -0.25) is 10.1 Å². The normalized spacial score (nSPS) is 15.7. The first-order chi connectivity index (χ1) is 12.9. The van der Waals surface area contributed by atoms with Crippen molar-refractivity contribution >= 4 is 43.6 Å². The van der Waals surface area contributed by atoms with Crippen molar-refractivity contribution in [2.75, 3.05) is 22.8 Å². The van der Waals surface area contributed by atoms with Crippen molar-refractivity contribution < 1.29 is 13.2 Å². The molecule has 7 nitrogen and oxygen atoms in total. The maximum atomic E-state index is 12.8. The number of nitrogens with one attached hydrogen (secondary N) is 2. The molecule has 9 heteroatoms. The molecule has 2 aromatic heterocycles. The molecule has 1 aliphatic carbocycles. The van der Waals surface area contributed by atoms with E-state index in [9.17, 15) is 13.2 Å². The monoisotopic (exact) mass is 406 g/mol. The van der Waals surface area contributed by atoms with Crippen LogP contribution in [0.4, 0.5) is 10.9 Å². The minimum absolute atomic E-state index is 0.186. The van der Waals surface area contributed by atoms with Crippen molar-refractivity contribution in [3.8, 4) is 0 Å². The van der Waals surface area contributed by atoms with Gasteiger partial charge in [-0.25, -0.2) is 18.4 Å². The predicted octanol–water partition coefficient (Wildman–Crippen LogP) is 3.16. The molecule has 2 N–H and O–H groups in total. The van der Waals surface area contributed by atoms with Crippen molar-refractivity contribution in [3.63, 3.8) is 0 Å². The van der Waals surface area contributed by atoms with E-state index < -0.39 is 9.84 Å². The van der Waals surface area contributed by atoms with E-state index in [-0.39, 0.29) is 11.8 Å². The Morgan fingerprint density at radius 1 is 1.30 bits per heavy atom. The van der Waals surface area contributed by atoms with Crippen LogP contribution in [0.25, 0.3) is 5.57 Å². The van der Waals surface area contributed by atoms with E-state index in [0.29, 0.717) is 28.0 Å². The molecule has 1 saturated carbocycles. The summed E-state index contributed by atoms with van der Waals surface area (Å²) in [4.78, 5) is 21.2. The second-order valence-electron chi connectivity index (χ2n) is 6.60. The number of hydrogen-bond donors (Lipinski definition) is 2. The predicted molar refractivity (Wildman–Crippen MR) is 108 cm³/mol. The number of carbonyl (C=O) groups is 1. The molecule has 1 aliphatic rings. The lowest BCUT2D eigenvalue weighted by molar-refractivity contribution is -0.111. The van der Waals surface area contributed by atoms with Gasteiger partial charge in [0.15, 0.2) is 15.0 Å². The lowest BCUT2D eigenvalue weighted by Gasteiger charge is -2.11. The number of nitrogens with zero attached hydrogens (tertiary/aromatic N) is 2. The number of sulfone groups is 1. The fourth-order valence-electron chi connectivity index (χ4n) is 2.98. The topological polar surface area (TPSA) is 101 Å². The second-order valence-corrected chi connectivity index (χ2v) is 9.63. The summed E-state index contributed by atoms with van der Waals surface area (Å²) in [5.41, 5.74) is 1.26. The maximum absolute atomic E-state index is 12.8. The highest BCUT2D eigenvalue weighted by Gasteiger charge is 2.19. The van der Waals surface area contributed by atoms with E-state index in [1.165, 1.54) is 24.2 Å². The Kier molecular flexibility index (Phi) is 6.22. The third kappa shape index (κ3) is 5.86. The summed E-state index contributed by atoms with van der Waals surface area (Å²) in [5.74, 6) is 0.430. The molecule has 3 rings (SSSR count). The molecule has 0 bridgehead atoms. The van der Waals surface area contributed by atoms with Crippen LogP contribution in [0.2, 0.25) is 0 Å². The molecule has 1 fully saturated rings. The maximum Gasteiger partial charge on any atom is 0.257 e. The van der Waals surface area contributed by atoms with Crippen LogP contribution in [0, 0.1) is 5.92 Å². The van der Waals surface area contributed by atoms with Gasteiger partial charge in [0, 0.05) is 35.2 Å². The lowest BCUT2D eigenvalue weighted by atomic mass is 9.99. The van der Waals surface area contributed by atoms with Crippen molar-refractivity contribution in [2.24, 2.45) is 5.92 Å². The number of rotatable bonds is 7. The average molecular weight is 407 g/mol. The summed E-state index contributed by atoms with van der Waals surface area (Å²) in [7, 11) is -3.14. The van der Waals surface area contributed by atoms with Gasteiger partial charge in [0.05, 0.1) is 0 Å². The summed E-state index contributed by atoms with van der Waals surface area (Å²) in [6.45, 7) is 0. The smallest absolute Gasteiger partial charge is 0.257 e. The van der Waals surface area contributed by atoms with Crippen LogP contribution >= 0.6 is 11.3 Å². The molecule has 2 aromatic rings. The summed E-state index contributed by atoms with van der Waals surface area (Å²) in [6.07, 6.45) is 10.9. The van der Waals surface area contributed by atoms with Gasteiger partial charge >= 0.3 is 0 Å². The van der Waals surface area contributed by atoms with Crippen LogP contribution in [-0.4, -0.2) is 36.4 Å². The van der Waals surface area contributed by atoms with Crippen molar-refractivity contribution in [1.82, 2.24) is 9.97 Å². The quantitative estimate of drug-likeness (QED) is 0.685. The molecule has 144 valence electrons. The van der Waals surface area contributed by atoms with Gasteiger partial charge in [0.2, 0.25) is 0 Å². The van der Waals surface area contributed by atoms with Crippen LogP contribution in [0.5, 0.6) is 0 Å². The molecule has 0 unspecified atom stereocenters. The summed E-state index contributed by atoms with van der Waals surface area (Å²) in [5, 5.41) is 7.95. The molecule has 27 heavy (non-hydrogen) atoms. The van der Waals surface area contributed by atoms with E-state index in [0.717, 1.165) is 19.1 Å². The largest absolute Gasteiger partial charge is 0.356 e. The van der Waals surface area contributed by atoms with Gasteiger partial charge in [-0.15, -0.1) is 11.3 Å². The van der Waals surface area contributed by atoms with Gasteiger partial charge in [-0.05, 0) is 30.9 Å². The average Bonchev–Trinajstić information content (AvgIpc) is 3.31. The Hall–Kier alpha value is -2.26. The molecule has 1 amide bonds. The highest BCUT2D eigenvalue weighted by Crippen LogP contribution is 2.30. The van der Waals surface area contributed by atoms with Crippen LogP contribution in [0.1, 0.15) is 31.2 Å². The first kappa shape index (κ1) is 19.5. The van der Waals surface area contributed by atoms with Gasteiger partial charge in [-0.1, -0.05) is 18.9 Å². The van der Waals surface area contributed by atoms with E-state index in [1.807, 2.05) is 6.08 Å². The fourth-order valence-corrected chi connectivity index (χ4v) is 3.91. The summed E-state index contributed by atoms with van der Waals surface area (Å²) < 4.78 is 22.5. The zero-order valence-electron chi connectivity index (χ0n) is 15.0. The number of hydrogen-bond acceptors (Lipinski definition) is 7. The molecule has 0 atom stereocenters. The third-order valence-electron chi connectivity index (χ3n) is 4.29. The van der Waals surface area contributed by atoms with E-state index >= 15 is 0 Å². The molecular weight excluding hydrogens is 384 g/mol. The first-order valence-corrected chi connectivity index (χ1v) is 11.7. The van der Waals surface area contributed by atoms with Crippen molar-refractivity contribution in [2.45, 2.75) is 25.7 Å². The molecule has 0 saturated heterocycles. The Morgan fingerprint density at radius 3 is 2.67 bits per heavy atom. The first-order valence-electron chi connectivity index (χ1n) is 8.71. The Bertz CT molecular complexity index is 901. The molecule has 0 spiro atoms. The molecule has 0 aliphatic heterocycles. The number of aromatic nitrogens is 2. The highest BCUT2D eigenvalue weighted by atomic mass is 32.2. The molecular formula is C18H22N4O3S2. The van der Waals surface area contributed by atoms with Crippen LogP contribution in [0.3, 0.4) is 0 Å². The number of carbonyl (C=O) groups excluding carboxylic acids is 1. The van der Waals surface area contributed by atoms with Crippen LogP contribution in [-0.2, 0) is 14.6 Å². The number of pyridine rings is 1. The molecule has 2 heterocycles. The van der Waals surface area contributed by atoms with Gasteiger partial charge < -0.3 is 5.32 Å². The Labute approximate surface area is 162 Å². The van der Waals surface area contributed by atoms with E-state index in [4.69, 9.17) is 0 Å². The summed E-state index contributed by atoms with van der Waals surface area (Å²) >= 11 is 1.37.